The molecule has 4 heteroatoms. The predicted octanol–water partition coefficient (Wildman–Crippen LogP) is 3.15. The molecule has 0 atom stereocenters. The van der Waals surface area contributed by atoms with E-state index in [0.29, 0.717) is 5.92 Å². The first kappa shape index (κ1) is 11.8. The molecule has 2 heterocycles. The minimum absolute atomic E-state index is 0.558. The van der Waals surface area contributed by atoms with E-state index in [2.05, 4.69) is 45.7 Å². The molecule has 0 saturated heterocycles. The molecule has 1 aromatic carbocycles. The highest BCUT2D eigenvalue weighted by atomic mass is 15.3. The van der Waals surface area contributed by atoms with E-state index < -0.39 is 0 Å². The smallest absolute Gasteiger partial charge is 0.164 e. The molecule has 3 aromatic rings. The van der Waals surface area contributed by atoms with Gasteiger partial charge in [0, 0.05) is 23.7 Å². The third-order valence-electron chi connectivity index (χ3n) is 3.06. The maximum absolute atomic E-state index is 4.38. The van der Waals surface area contributed by atoms with Gasteiger partial charge in [0.1, 0.15) is 6.33 Å². The average Bonchev–Trinajstić information content (AvgIpc) is 2.85. The fraction of sp³-hybridized carbons (Fsp3) is 0.267. The number of benzene rings is 1. The van der Waals surface area contributed by atoms with Crippen molar-refractivity contribution in [2.75, 3.05) is 0 Å². The van der Waals surface area contributed by atoms with Crippen molar-refractivity contribution in [3.63, 3.8) is 0 Å². The van der Waals surface area contributed by atoms with Gasteiger partial charge in [0.15, 0.2) is 5.82 Å². The number of pyridine rings is 1. The lowest BCUT2D eigenvalue weighted by Crippen LogP contribution is -2.05. The van der Waals surface area contributed by atoms with E-state index in [1.165, 1.54) is 0 Å². The molecule has 96 valence electrons. The Hall–Kier alpha value is -2.23. The molecule has 0 unspecified atom stereocenters. The lowest BCUT2D eigenvalue weighted by atomic mass is 10.1. The van der Waals surface area contributed by atoms with Gasteiger partial charge in [-0.05, 0) is 18.1 Å². The Morgan fingerprint density at radius 2 is 2.05 bits per heavy atom. The molecule has 4 nitrogen and oxygen atoms in total. The summed E-state index contributed by atoms with van der Waals surface area (Å²) in [5.74, 6) is 1.47. The first-order valence-corrected chi connectivity index (χ1v) is 6.47. The fourth-order valence-electron chi connectivity index (χ4n) is 2.29. The standard InChI is InChI=1S/C15H16N4/c1-11(2)9-19-10-17-18-15(19)13-5-3-7-14-12(13)6-4-8-16-14/h3-8,10-11H,9H2,1-2H3. The highest BCUT2D eigenvalue weighted by Crippen LogP contribution is 2.26. The van der Waals surface area contributed by atoms with Crippen molar-refractivity contribution in [2.24, 2.45) is 5.92 Å². The van der Waals surface area contributed by atoms with Crippen molar-refractivity contribution in [3.8, 4) is 11.4 Å². The number of rotatable bonds is 3. The highest BCUT2D eigenvalue weighted by molar-refractivity contribution is 5.92. The van der Waals surface area contributed by atoms with E-state index in [-0.39, 0.29) is 0 Å². The Labute approximate surface area is 112 Å². The Bertz CT molecular complexity index is 695. The molecular formula is C15H16N4. The zero-order chi connectivity index (χ0) is 13.2. The van der Waals surface area contributed by atoms with Crippen LogP contribution in [0, 0.1) is 5.92 Å². The summed E-state index contributed by atoms with van der Waals surface area (Å²) >= 11 is 0. The topological polar surface area (TPSA) is 43.6 Å². The molecule has 0 saturated carbocycles. The fourth-order valence-corrected chi connectivity index (χ4v) is 2.29. The van der Waals surface area contributed by atoms with E-state index >= 15 is 0 Å². The summed E-state index contributed by atoms with van der Waals surface area (Å²) in [4.78, 5) is 4.38. The number of aromatic nitrogens is 4. The van der Waals surface area contributed by atoms with Crippen molar-refractivity contribution in [1.29, 1.82) is 0 Å². The molecule has 0 aliphatic heterocycles. The highest BCUT2D eigenvalue weighted by Gasteiger charge is 2.11. The van der Waals surface area contributed by atoms with E-state index in [4.69, 9.17) is 0 Å². The summed E-state index contributed by atoms with van der Waals surface area (Å²) in [6.07, 6.45) is 3.61. The SMILES string of the molecule is CC(C)Cn1cnnc1-c1cccc2ncccc12. The van der Waals surface area contributed by atoms with Crippen LogP contribution in [0.3, 0.4) is 0 Å². The molecule has 0 aliphatic carbocycles. The molecule has 2 aromatic heterocycles. The van der Waals surface area contributed by atoms with Gasteiger partial charge < -0.3 is 4.57 Å². The largest absolute Gasteiger partial charge is 0.313 e. The summed E-state index contributed by atoms with van der Waals surface area (Å²) in [5.41, 5.74) is 2.07. The van der Waals surface area contributed by atoms with Gasteiger partial charge in [-0.1, -0.05) is 32.0 Å². The third-order valence-corrected chi connectivity index (χ3v) is 3.06. The first-order chi connectivity index (χ1) is 9.25. The first-order valence-electron chi connectivity index (χ1n) is 6.47. The van der Waals surface area contributed by atoms with Crippen molar-refractivity contribution in [2.45, 2.75) is 20.4 Å². The van der Waals surface area contributed by atoms with Crippen LogP contribution in [0.4, 0.5) is 0 Å². The second kappa shape index (κ2) is 4.80. The van der Waals surface area contributed by atoms with Crippen molar-refractivity contribution >= 4 is 10.9 Å². The number of nitrogens with zero attached hydrogens (tertiary/aromatic N) is 4. The van der Waals surface area contributed by atoms with E-state index in [1.807, 2.05) is 24.4 Å². The van der Waals surface area contributed by atoms with Gasteiger partial charge in [0.2, 0.25) is 0 Å². The lowest BCUT2D eigenvalue weighted by molar-refractivity contribution is 0.525. The van der Waals surface area contributed by atoms with Gasteiger partial charge in [0.25, 0.3) is 0 Å². The summed E-state index contributed by atoms with van der Waals surface area (Å²) in [6, 6.07) is 10.1. The quantitative estimate of drug-likeness (QED) is 0.719. The van der Waals surface area contributed by atoms with Crippen LogP contribution in [0.1, 0.15) is 13.8 Å². The molecule has 0 aliphatic rings. The summed E-state index contributed by atoms with van der Waals surface area (Å²) in [5, 5.41) is 9.44. The molecule has 0 fully saturated rings. The molecule has 0 amide bonds. The van der Waals surface area contributed by atoms with Gasteiger partial charge in [-0.25, -0.2) is 0 Å². The van der Waals surface area contributed by atoms with Crippen LogP contribution in [-0.2, 0) is 6.54 Å². The number of hydrogen-bond donors (Lipinski definition) is 0. The monoisotopic (exact) mass is 252 g/mol. The summed E-state index contributed by atoms with van der Waals surface area (Å²) in [7, 11) is 0. The Balaban J connectivity index is 2.17. The Morgan fingerprint density at radius 3 is 2.89 bits per heavy atom. The van der Waals surface area contributed by atoms with Crippen LogP contribution in [0.2, 0.25) is 0 Å². The van der Waals surface area contributed by atoms with E-state index in [9.17, 15) is 0 Å². The van der Waals surface area contributed by atoms with Crippen molar-refractivity contribution in [3.05, 3.63) is 42.9 Å². The number of hydrogen-bond acceptors (Lipinski definition) is 3. The van der Waals surface area contributed by atoms with Crippen molar-refractivity contribution < 1.29 is 0 Å². The maximum atomic E-state index is 4.38. The lowest BCUT2D eigenvalue weighted by Gasteiger charge is -2.10. The molecule has 0 bridgehead atoms. The molecule has 3 rings (SSSR count). The van der Waals surface area contributed by atoms with Crippen LogP contribution in [0.5, 0.6) is 0 Å². The number of fused-ring (bicyclic) bond motifs is 1. The summed E-state index contributed by atoms with van der Waals surface area (Å²) in [6.45, 7) is 5.29. The molecule has 0 N–H and O–H groups in total. The van der Waals surface area contributed by atoms with Crippen LogP contribution in [-0.4, -0.2) is 19.7 Å². The van der Waals surface area contributed by atoms with Crippen LogP contribution in [0.15, 0.2) is 42.9 Å². The maximum Gasteiger partial charge on any atom is 0.164 e. The van der Waals surface area contributed by atoms with E-state index in [1.54, 1.807) is 6.33 Å². The average molecular weight is 252 g/mol. The molecule has 0 spiro atoms. The van der Waals surface area contributed by atoms with Gasteiger partial charge in [-0.2, -0.15) is 0 Å². The second-order valence-corrected chi connectivity index (χ2v) is 5.08. The van der Waals surface area contributed by atoms with Crippen LogP contribution < -0.4 is 0 Å². The molecule has 19 heavy (non-hydrogen) atoms. The Kier molecular flexibility index (Phi) is 2.99. The zero-order valence-corrected chi connectivity index (χ0v) is 11.1. The summed E-state index contributed by atoms with van der Waals surface area (Å²) < 4.78 is 2.10. The zero-order valence-electron chi connectivity index (χ0n) is 11.1. The minimum atomic E-state index is 0.558. The second-order valence-electron chi connectivity index (χ2n) is 5.08. The van der Waals surface area contributed by atoms with Crippen LogP contribution in [0.25, 0.3) is 22.3 Å². The minimum Gasteiger partial charge on any atom is -0.313 e. The molecular weight excluding hydrogens is 236 g/mol. The van der Waals surface area contributed by atoms with Gasteiger partial charge in [-0.3, -0.25) is 4.98 Å². The molecule has 0 radical (unpaired) electrons. The van der Waals surface area contributed by atoms with Gasteiger partial charge in [0.05, 0.1) is 5.52 Å². The normalized spacial score (nSPS) is 11.3. The van der Waals surface area contributed by atoms with Gasteiger partial charge >= 0.3 is 0 Å². The Morgan fingerprint density at radius 1 is 1.16 bits per heavy atom. The van der Waals surface area contributed by atoms with E-state index in [0.717, 1.165) is 28.8 Å². The third kappa shape index (κ3) is 2.21. The van der Waals surface area contributed by atoms with Gasteiger partial charge in [-0.15, -0.1) is 10.2 Å². The predicted molar refractivity (Wildman–Crippen MR) is 75.6 cm³/mol. The van der Waals surface area contributed by atoms with Crippen LogP contribution >= 0.6 is 0 Å². The van der Waals surface area contributed by atoms with Crippen molar-refractivity contribution in [1.82, 2.24) is 19.7 Å².